The van der Waals surface area contributed by atoms with E-state index in [0.717, 1.165) is 12.0 Å². The van der Waals surface area contributed by atoms with E-state index < -0.39 is 0 Å². The van der Waals surface area contributed by atoms with Crippen LogP contribution in [-0.2, 0) is 16.1 Å². The summed E-state index contributed by atoms with van der Waals surface area (Å²) in [5.41, 5.74) is 0.776. The number of aromatic nitrogens is 1. The number of nitrogens with zero attached hydrogens (tertiary/aromatic N) is 1. The molecule has 1 heterocycles. The second-order valence-electron chi connectivity index (χ2n) is 4.22. The van der Waals surface area contributed by atoms with Crippen molar-refractivity contribution >= 4 is 11.6 Å². The third-order valence-corrected chi connectivity index (χ3v) is 2.84. The zero-order valence-electron chi connectivity index (χ0n) is 10.00. The standard InChI is InChI=1S/C12H18ClNO2/c1-12(2,15-3)6-8-16-9-10-5-4-7-14-11(10)13/h4-5,7H,6,8-9H2,1-3H3. The fourth-order valence-corrected chi connectivity index (χ4v) is 1.30. The van der Waals surface area contributed by atoms with Crippen molar-refractivity contribution in [2.24, 2.45) is 0 Å². The lowest BCUT2D eigenvalue weighted by Crippen LogP contribution is -2.24. The summed E-state index contributed by atoms with van der Waals surface area (Å²) in [5, 5.41) is 0.508. The lowest BCUT2D eigenvalue weighted by Gasteiger charge is -2.22. The molecular weight excluding hydrogens is 226 g/mol. The first kappa shape index (κ1) is 13.4. The van der Waals surface area contributed by atoms with Gasteiger partial charge in [-0.05, 0) is 26.3 Å². The Hall–Kier alpha value is -0.640. The van der Waals surface area contributed by atoms with Gasteiger partial charge in [-0.25, -0.2) is 4.98 Å². The van der Waals surface area contributed by atoms with E-state index in [0.29, 0.717) is 18.4 Å². The van der Waals surface area contributed by atoms with Gasteiger partial charge >= 0.3 is 0 Å². The van der Waals surface area contributed by atoms with E-state index in [2.05, 4.69) is 4.98 Å². The summed E-state index contributed by atoms with van der Waals surface area (Å²) in [7, 11) is 1.71. The maximum Gasteiger partial charge on any atom is 0.134 e. The molecule has 0 spiro atoms. The van der Waals surface area contributed by atoms with Crippen molar-refractivity contribution < 1.29 is 9.47 Å². The van der Waals surface area contributed by atoms with Gasteiger partial charge in [-0.1, -0.05) is 17.7 Å². The van der Waals surface area contributed by atoms with Crippen molar-refractivity contribution in [2.75, 3.05) is 13.7 Å². The van der Waals surface area contributed by atoms with Crippen LogP contribution in [0.1, 0.15) is 25.8 Å². The highest BCUT2D eigenvalue weighted by Crippen LogP contribution is 2.15. The monoisotopic (exact) mass is 243 g/mol. The van der Waals surface area contributed by atoms with E-state index in [1.807, 2.05) is 26.0 Å². The molecule has 1 aromatic heterocycles. The molecule has 0 saturated heterocycles. The van der Waals surface area contributed by atoms with Crippen LogP contribution in [-0.4, -0.2) is 24.3 Å². The Bertz CT molecular complexity index is 329. The number of methoxy groups -OCH3 is 1. The lowest BCUT2D eigenvalue weighted by atomic mass is 10.1. The molecule has 0 aliphatic rings. The molecule has 0 N–H and O–H groups in total. The van der Waals surface area contributed by atoms with Gasteiger partial charge in [0.2, 0.25) is 0 Å². The summed E-state index contributed by atoms with van der Waals surface area (Å²) in [4.78, 5) is 3.98. The van der Waals surface area contributed by atoms with Gasteiger partial charge in [0.25, 0.3) is 0 Å². The highest BCUT2D eigenvalue weighted by atomic mass is 35.5. The molecule has 3 nitrogen and oxygen atoms in total. The molecule has 0 amide bonds. The molecule has 1 rings (SSSR count). The predicted octanol–water partition coefficient (Wildman–Crippen LogP) is 3.07. The van der Waals surface area contributed by atoms with Gasteiger partial charge in [0.1, 0.15) is 5.15 Å². The molecule has 0 bridgehead atoms. The van der Waals surface area contributed by atoms with Gasteiger partial charge in [-0.2, -0.15) is 0 Å². The molecule has 0 saturated carbocycles. The molecule has 0 radical (unpaired) electrons. The molecule has 4 heteroatoms. The van der Waals surface area contributed by atoms with Crippen LogP contribution in [0, 0.1) is 0 Å². The van der Waals surface area contributed by atoms with Crippen LogP contribution in [0.5, 0.6) is 0 Å². The molecule has 0 unspecified atom stereocenters. The van der Waals surface area contributed by atoms with E-state index in [-0.39, 0.29) is 5.60 Å². The summed E-state index contributed by atoms with van der Waals surface area (Å²) in [6, 6.07) is 3.76. The van der Waals surface area contributed by atoms with Crippen molar-refractivity contribution in [3.05, 3.63) is 29.0 Å². The van der Waals surface area contributed by atoms with Gasteiger partial charge < -0.3 is 9.47 Å². The topological polar surface area (TPSA) is 31.4 Å². The molecular formula is C12H18ClNO2. The molecule has 1 aromatic rings. The lowest BCUT2D eigenvalue weighted by molar-refractivity contribution is -0.0124. The molecule has 0 atom stereocenters. The average molecular weight is 244 g/mol. The fourth-order valence-electron chi connectivity index (χ4n) is 1.13. The first-order chi connectivity index (χ1) is 7.55. The van der Waals surface area contributed by atoms with Gasteiger partial charge in [0.05, 0.1) is 12.2 Å². The van der Waals surface area contributed by atoms with Gasteiger partial charge in [0.15, 0.2) is 0 Å². The maximum absolute atomic E-state index is 5.90. The number of hydrogen-bond acceptors (Lipinski definition) is 3. The SMILES string of the molecule is COC(C)(C)CCOCc1cccnc1Cl. The molecule has 0 fully saturated rings. The Balaban J connectivity index is 2.29. The highest BCUT2D eigenvalue weighted by Gasteiger charge is 2.15. The van der Waals surface area contributed by atoms with Crippen molar-refractivity contribution in [3.8, 4) is 0 Å². The molecule has 0 aliphatic carbocycles. The summed E-state index contributed by atoms with van der Waals surface area (Å²) in [5.74, 6) is 0. The van der Waals surface area contributed by atoms with Crippen molar-refractivity contribution in [1.29, 1.82) is 0 Å². The number of rotatable bonds is 6. The predicted molar refractivity (Wildman–Crippen MR) is 64.6 cm³/mol. The first-order valence-electron chi connectivity index (χ1n) is 5.27. The van der Waals surface area contributed by atoms with Crippen LogP contribution >= 0.6 is 11.6 Å². The third-order valence-electron chi connectivity index (χ3n) is 2.49. The Kier molecular flexibility index (Phi) is 5.19. The molecule has 0 aliphatic heterocycles. The summed E-state index contributed by atoms with van der Waals surface area (Å²) in [6.45, 7) is 5.21. The smallest absolute Gasteiger partial charge is 0.134 e. The number of halogens is 1. The third kappa shape index (κ3) is 4.47. The van der Waals surface area contributed by atoms with Crippen LogP contribution in [0.3, 0.4) is 0 Å². The summed E-state index contributed by atoms with van der Waals surface area (Å²) < 4.78 is 10.8. The Morgan fingerprint density at radius 3 is 2.81 bits per heavy atom. The second-order valence-corrected chi connectivity index (χ2v) is 4.58. The van der Waals surface area contributed by atoms with Crippen LogP contribution in [0.4, 0.5) is 0 Å². The summed E-state index contributed by atoms with van der Waals surface area (Å²) in [6.07, 6.45) is 2.52. The van der Waals surface area contributed by atoms with Crippen molar-refractivity contribution in [3.63, 3.8) is 0 Å². The quantitative estimate of drug-likeness (QED) is 0.568. The van der Waals surface area contributed by atoms with Crippen molar-refractivity contribution in [1.82, 2.24) is 4.98 Å². The van der Waals surface area contributed by atoms with Gasteiger partial charge in [-0.3, -0.25) is 0 Å². The fraction of sp³-hybridized carbons (Fsp3) is 0.583. The summed E-state index contributed by atoms with van der Waals surface area (Å²) >= 11 is 5.90. The van der Waals surface area contributed by atoms with Crippen LogP contribution < -0.4 is 0 Å². The Morgan fingerprint density at radius 1 is 1.44 bits per heavy atom. The van der Waals surface area contributed by atoms with Crippen LogP contribution in [0.25, 0.3) is 0 Å². The van der Waals surface area contributed by atoms with E-state index in [1.165, 1.54) is 0 Å². The van der Waals surface area contributed by atoms with Gasteiger partial charge in [0, 0.05) is 25.5 Å². The van der Waals surface area contributed by atoms with E-state index in [9.17, 15) is 0 Å². The highest BCUT2D eigenvalue weighted by molar-refractivity contribution is 6.30. The van der Waals surface area contributed by atoms with Crippen LogP contribution in [0.15, 0.2) is 18.3 Å². The minimum Gasteiger partial charge on any atom is -0.379 e. The average Bonchev–Trinajstić information content (AvgIpc) is 2.27. The number of ether oxygens (including phenoxy) is 2. The normalized spacial score (nSPS) is 11.8. The molecule has 16 heavy (non-hydrogen) atoms. The van der Waals surface area contributed by atoms with Crippen molar-refractivity contribution in [2.45, 2.75) is 32.5 Å². The Morgan fingerprint density at radius 2 is 2.19 bits per heavy atom. The first-order valence-corrected chi connectivity index (χ1v) is 5.65. The second kappa shape index (κ2) is 6.18. The minimum absolute atomic E-state index is 0.140. The zero-order chi connectivity index (χ0) is 12.0. The largest absolute Gasteiger partial charge is 0.379 e. The van der Waals surface area contributed by atoms with E-state index in [4.69, 9.17) is 21.1 Å². The van der Waals surface area contributed by atoms with Crippen LogP contribution in [0.2, 0.25) is 5.15 Å². The minimum atomic E-state index is -0.140. The van der Waals surface area contributed by atoms with Gasteiger partial charge in [-0.15, -0.1) is 0 Å². The molecule has 0 aromatic carbocycles. The number of hydrogen-bond donors (Lipinski definition) is 0. The molecule has 90 valence electrons. The number of pyridine rings is 1. The van der Waals surface area contributed by atoms with E-state index >= 15 is 0 Å². The maximum atomic E-state index is 5.90. The zero-order valence-corrected chi connectivity index (χ0v) is 10.8. The Labute approximate surface area is 102 Å². The van der Waals surface area contributed by atoms with E-state index in [1.54, 1.807) is 13.3 Å².